The fourth-order valence-electron chi connectivity index (χ4n) is 3.07. The van der Waals surface area contributed by atoms with E-state index in [0.29, 0.717) is 39.6 Å². The third kappa shape index (κ3) is 60.2. The Bertz CT molecular complexity index is 547. The van der Waals surface area contributed by atoms with Gasteiger partial charge in [-0.2, -0.15) is 0 Å². The number of unbranched alkanes of at least 4 members (excludes halogenated alkanes) is 12. The molecule has 0 radical (unpaired) electrons. The summed E-state index contributed by atoms with van der Waals surface area (Å²) in [6, 6.07) is 0. The average Bonchev–Trinajstić information content (AvgIpc) is 3.07. The van der Waals surface area contributed by atoms with E-state index in [-0.39, 0.29) is 21.7 Å². The molecule has 280 valence electrons. The number of esters is 4. The molecule has 0 aromatic rings. The normalized spacial score (nSPS) is 9.53. The van der Waals surface area contributed by atoms with Crippen molar-refractivity contribution in [2.45, 2.75) is 117 Å². The number of hydrogen-bond donors (Lipinski definition) is 6. The van der Waals surface area contributed by atoms with Crippen molar-refractivity contribution in [3.05, 3.63) is 0 Å². The van der Waals surface area contributed by atoms with Crippen molar-refractivity contribution < 1.29 is 90.5 Å². The summed E-state index contributed by atoms with van der Waals surface area (Å²) in [5.41, 5.74) is 0. The molecular weight excluding hydrogens is 656 g/mol. The molecule has 0 unspecified atom stereocenters. The first kappa shape index (κ1) is 54.8. The van der Waals surface area contributed by atoms with Gasteiger partial charge in [-0.25, -0.2) is 19.2 Å². The van der Waals surface area contributed by atoms with Crippen molar-refractivity contribution in [2.75, 3.05) is 66.1 Å². The van der Waals surface area contributed by atoms with E-state index in [9.17, 15) is 19.2 Å². The van der Waals surface area contributed by atoms with E-state index in [1.54, 1.807) is 0 Å². The molecule has 14 nitrogen and oxygen atoms in total. The van der Waals surface area contributed by atoms with E-state index in [1.165, 1.54) is 0 Å². The third-order valence-corrected chi connectivity index (χ3v) is 5.67. The van der Waals surface area contributed by atoms with Crippen molar-refractivity contribution in [2.24, 2.45) is 0 Å². The smallest absolute Gasteiger partial charge is 0.331 e. The Kier molecular flexibility index (Phi) is 59.7. The van der Waals surface area contributed by atoms with Crippen LogP contribution in [0.25, 0.3) is 0 Å². The standard InChI is InChI=1S/2C12H22O6.2C4H10O.Ti/c2*13-9-11(15)17-7-5-3-1-2-4-6-8-18-12(16)10-14;2*1-2-3-4-5;/h2*13-14H,1-10H2;2*5H,2-4H2,1H3;. The molecule has 0 atom stereocenters. The molecule has 47 heavy (non-hydrogen) atoms. The molecule has 0 amide bonds. The van der Waals surface area contributed by atoms with Gasteiger partial charge in [-0.3, -0.25) is 0 Å². The predicted octanol–water partition coefficient (Wildman–Crippen LogP) is 2.35. The SMILES string of the molecule is CCCCO.CCCCO.O=C(CO)OCCCCCCCCOC(=O)CO.O=C(CO)OCCCCCCCCOC(=O)CO.[Ti]. The Balaban J connectivity index is -0.000000191. The van der Waals surface area contributed by atoms with Gasteiger partial charge in [0.1, 0.15) is 26.4 Å². The minimum absolute atomic E-state index is 0. The van der Waals surface area contributed by atoms with Gasteiger partial charge in [-0.05, 0) is 38.5 Å². The zero-order valence-electron chi connectivity index (χ0n) is 28.8. The summed E-state index contributed by atoms with van der Waals surface area (Å²) in [5.74, 6) is -2.33. The van der Waals surface area contributed by atoms with Crippen LogP contribution in [0.1, 0.15) is 117 Å². The summed E-state index contributed by atoms with van der Waals surface area (Å²) in [6.07, 6.45) is 15.3. The zero-order chi connectivity index (χ0) is 35.5. The molecule has 0 aromatic heterocycles. The van der Waals surface area contributed by atoms with Crippen LogP contribution in [0.15, 0.2) is 0 Å². The quantitative estimate of drug-likeness (QED) is 0.0327. The molecule has 0 aromatic carbocycles. The minimum Gasteiger partial charge on any atom is -0.464 e. The summed E-state index contributed by atoms with van der Waals surface area (Å²) in [6.45, 7) is 3.96. The number of hydrogen-bond acceptors (Lipinski definition) is 14. The van der Waals surface area contributed by atoms with E-state index >= 15 is 0 Å². The first-order chi connectivity index (χ1) is 22.2. The molecule has 0 aliphatic rings. The third-order valence-electron chi connectivity index (χ3n) is 5.67. The number of aliphatic hydroxyl groups excluding tert-OH is 6. The molecule has 0 spiro atoms. The Morgan fingerprint density at radius 2 is 0.553 bits per heavy atom. The van der Waals surface area contributed by atoms with Crippen LogP contribution in [0.4, 0.5) is 0 Å². The second kappa shape index (κ2) is 51.2. The number of aliphatic hydroxyl groups is 6. The molecule has 0 aliphatic heterocycles. The van der Waals surface area contributed by atoms with Gasteiger partial charge in [-0.15, -0.1) is 0 Å². The van der Waals surface area contributed by atoms with Crippen LogP contribution in [-0.4, -0.2) is 121 Å². The molecule has 0 saturated heterocycles. The van der Waals surface area contributed by atoms with E-state index in [1.807, 2.05) is 0 Å². The Morgan fingerprint density at radius 1 is 0.362 bits per heavy atom. The summed E-state index contributed by atoms with van der Waals surface area (Å²) in [4.78, 5) is 42.3. The number of rotatable bonds is 26. The van der Waals surface area contributed by atoms with Gasteiger partial charge in [0.15, 0.2) is 0 Å². The maximum absolute atomic E-state index is 10.6. The van der Waals surface area contributed by atoms with Gasteiger partial charge in [0.05, 0.1) is 26.4 Å². The first-order valence-electron chi connectivity index (χ1n) is 16.5. The van der Waals surface area contributed by atoms with Crippen molar-refractivity contribution >= 4 is 23.9 Å². The average molecular weight is 721 g/mol. The molecule has 6 N–H and O–H groups in total. The van der Waals surface area contributed by atoms with E-state index in [0.717, 1.165) is 103 Å². The molecule has 0 aliphatic carbocycles. The van der Waals surface area contributed by atoms with Gasteiger partial charge >= 0.3 is 23.9 Å². The summed E-state index contributed by atoms with van der Waals surface area (Å²) < 4.78 is 18.8. The van der Waals surface area contributed by atoms with Crippen LogP contribution < -0.4 is 0 Å². The van der Waals surface area contributed by atoms with Crippen LogP contribution in [0.2, 0.25) is 0 Å². The molecule has 0 rings (SSSR count). The number of carbonyl (C=O) groups is 4. The molecule has 0 bridgehead atoms. The van der Waals surface area contributed by atoms with Crippen LogP contribution in [-0.2, 0) is 59.8 Å². The van der Waals surface area contributed by atoms with Crippen LogP contribution in [0.3, 0.4) is 0 Å². The Hall–Kier alpha value is -1.65. The number of carbonyl (C=O) groups excluding carboxylic acids is 4. The van der Waals surface area contributed by atoms with E-state index in [4.69, 9.17) is 49.6 Å². The Morgan fingerprint density at radius 3 is 0.681 bits per heavy atom. The molecule has 15 heteroatoms. The molecular formula is C32H64O14Ti. The summed E-state index contributed by atoms with van der Waals surface area (Å²) in [5, 5.41) is 49.7. The monoisotopic (exact) mass is 720 g/mol. The van der Waals surface area contributed by atoms with Gasteiger partial charge < -0.3 is 49.6 Å². The largest absolute Gasteiger partial charge is 0.464 e. The van der Waals surface area contributed by atoms with Crippen molar-refractivity contribution in [1.29, 1.82) is 0 Å². The minimum atomic E-state index is -0.583. The van der Waals surface area contributed by atoms with E-state index < -0.39 is 50.3 Å². The maximum atomic E-state index is 10.6. The van der Waals surface area contributed by atoms with Crippen LogP contribution in [0.5, 0.6) is 0 Å². The molecule has 0 saturated carbocycles. The zero-order valence-corrected chi connectivity index (χ0v) is 30.4. The first-order valence-corrected chi connectivity index (χ1v) is 16.5. The molecule has 0 heterocycles. The number of ether oxygens (including phenoxy) is 4. The topological polar surface area (TPSA) is 227 Å². The van der Waals surface area contributed by atoms with Crippen molar-refractivity contribution in [3.63, 3.8) is 0 Å². The second-order valence-corrected chi connectivity index (χ2v) is 9.91. The van der Waals surface area contributed by atoms with Gasteiger partial charge in [0.2, 0.25) is 0 Å². The summed E-state index contributed by atoms with van der Waals surface area (Å²) >= 11 is 0. The fraction of sp³-hybridized carbons (Fsp3) is 0.875. The van der Waals surface area contributed by atoms with Crippen molar-refractivity contribution in [3.8, 4) is 0 Å². The maximum Gasteiger partial charge on any atom is 0.331 e. The van der Waals surface area contributed by atoms with Crippen molar-refractivity contribution in [1.82, 2.24) is 0 Å². The Labute approximate surface area is 296 Å². The van der Waals surface area contributed by atoms with E-state index in [2.05, 4.69) is 13.8 Å². The predicted molar refractivity (Wildman–Crippen MR) is 172 cm³/mol. The van der Waals surface area contributed by atoms with Crippen LogP contribution >= 0.6 is 0 Å². The van der Waals surface area contributed by atoms with Gasteiger partial charge in [0.25, 0.3) is 0 Å². The van der Waals surface area contributed by atoms with Gasteiger partial charge in [0, 0.05) is 34.9 Å². The van der Waals surface area contributed by atoms with Gasteiger partial charge in [-0.1, -0.05) is 78.1 Å². The fourth-order valence-corrected chi connectivity index (χ4v) is 3.07. The molecule has 0 fully saturated rings. The summed E-state index contributed by atoms with van der Waals surface area (Å²) in [7, 11) is 0. The van der Waals surface area contributed by atoms with Crippen LogP contribution in [0, 0.1) is 0 Å². The second-order valence-electron chi connectivity index (χ2n) is 9.91.